The van der Waals surface area contributed by atoms with Crippen molar-refractivity contribution in [3.05, 3.63) is 34.9 Å². The van der Waals surface area contributed by atoms with Crippen LogP contribution >= 0.6 is 11.6 Å². The molecule has 1 aromatic carbocycles. The molecule has 0 spiro atoms. The Morgan fingerprint density at radius 1 is 1.40 bits per heavy atom. The van der Waals surface area contributed by atoms with Crippen LogP contribution in [0.15, 0.2) is 24.3 Å². The number of halogens is 1. The number of hydrogen-bond donors (Lipinski definition) is 1. The summed E-state index contributed by atoms with van der Waals surface area (Å²) in [4.78, 5) is 22.5. The van der Waals surface area contributed by atoms with Crippen LogP contribution in [0.4, 0.5) is 0 Å². The van der Waals surface area contributed by atoms with Crippen molar-refractivity contribution < 1.29 is 9.59 Å². The summed E-state index contributed by atoms with van der Waals surface area (Å²) in [6, 6.07) is 6.11. The standard InChI is InChI=1S/C11H12ClNO2/c1-7(8(2)14)13-11(15)9-4-3-5-10(12)6-9/h3-7H,1-2H3,(H,13,15). The normalized spacial score (nSPS) is 11.9. The summed E-state index contributed by atoms with van der Waals surface area (Å²) in [5.74, 6) is -0.370. The quantitative estimate of drug-likeness (QED) is 0.856. The Labute approximate surface area is 93.4 Å². The Bertz CT molecular complexity index is 390. The van der Waals surface area contributed by atoms with Crippen LogP contribution in [0.5, 0.6) is 0 Å². The number of carbonyl (C=O) groups excluding carboxylic acids is 2. The molecule has 0 saturated heterocycles. The largest absolute Gasteiger partial charge is 0.343 e. The summed E-state index contributed by atoms with van der Waals surface area (Å²) in [6.45, 7) is 3.08. The molecular weight excluding hydrogens is 214 g/mol. The minimum atomic E-state index is -0.475. The van der Waals surface area contributed by atoms with Gasteiger partial charge in [0.05, 0.1) is 6.04 Å². The molecule has 0 radical (unpaired) electrons. The second-order valence-corrected chi connectivity index (χ2v) is 3.75. The Morgan fingerprint density at radius 3 is 2.60 bits per heavy atom. The molecule has 0 aliphatic rings. The van der Waals surface area contributed by atoms with Gasteiger partial charge in [-0.3, -0.25) is 9.59 Å². The first-order chi connectivity index (χ1) is 7.00. The van der Waals surface area contributed by atoms with Gasteiger partial charge in [0.25, 0.3) is 5.91 Å². The third kappa shape index (κ3) is 3.36. The molecule has 0 aromatic heterocycles. The van der Waals surface area contributed by atoms with Gasteiger partial charge >= 0.3 is 0 Å². The van der Waals surface area contributed by atoms with Crippen LogP contribution in [-0.2, 0) is 4.79 Å². The molecule has 0 aliphatic carbocycles. The van der Waals surface area contributed by atoms with E-state index in [1.807, 2.05) is 0 Å². The molecule has 4 heteroatoms. The second-order valence-electron chi connectivity index (χ2n) is 3.32. The van der Waals surface area contributed by atoms with Crippen LogP contribution in [0.1, 0.15) is 24.2 Å². The van der Waals surface area contributed by atoms with Crippen LogP contribution < -0.4 is 5.32 Å². The molecule has 80 valence electrons. The van der Waals surface area contributed by atoms with E-state index in [2.05, 4.69) is 5.32 Å². The highest BCUT2D eigenvalue weighted by Crippen LogP contribution is 2.10. The van der Waals surface area contributed by atoms with Crippen molar-refractivity contribution in [3.8, 4) is 0 Å². The van der Waals surface area contributed by atoms with Crippen molar-refractivity contribution in [1.29, 1.82) is 0 Å². The lowest BCUT2D eigenvalue weighted by atomic mass is 10.2. The smallest absolute Gasteiger partial charge is 0.251 e. The van der Waals surface area contributed by atoms with Gasteiger partial charge in [0.2, 0.25) is 0 Å². The lowest BCUT2D eigenvalue weighted by Crippen LogP contribution is -2.37. The van der Waals surface area contributed by atoms with Crippen LogP contribution in [0.2, 0.25) is 5.02 Å². The third-order valence-electron chi connectivity index (χ3n) is 2.04. The summed E-state index contributed by atoms with van der Waals surface area (Å²) < 4.78 is 0. The van der Waals surface area contributed by atoms with Gasteiger partial charge in [-0.25, -0.2) is 0 Å². The molecule has 1 atom stereocenters. The molecule has 0 fully saturated rings. The zero-order chi connectivity index (χ0) is 11.4. The van der Waals surface area contributed by atoms with Gasteiger partial charge < -0.3 is 5.32 Å². The van der Waals surface area contributed by atoms with Crippen molar-refractivity contribution in [2.45, 2.75) is 19.9 Å². The van der Waals surface area contributed by atoms with Gasteiger partial charge in [0.15, 0.2) is 5.78 Å². The molecule has 15 heavy (non-hydrogen) atoms. The molecule has 0 bridgehead atoms. The summed E-state index contributed by atoms with van der Waals surface area (Å²) in [5, 5.41) is 3.07. The van der Waals surface area contributed by atoms with Gasteiger partial charge in [0, 0.05) is 10.6 Å². The first kappa shape index (κ1) is 11.7. The third-order valence-corrected chi connectivity index (χ3v) is 2.28. The van der Waals surface area contributed by atoms with Crippen molar-refractivity contribution >= 4 is 23.3 Å². The molecule has 0 saturated carbocycles. The van der Waals surface area contributed by atoms with E-state index in [1.54, 1.807) is 31.2 Å². The van der Waals surface area contributed by atoms with E-state index in [0.717, 1.165) is 0 Å². The maximum absolute atomic E-state index is 11.6. The minimum absolute atomic E-state index is 0.0784. The monoisotopic (exact) mass is 225 g/mol. The zero-order valence-electron chi connectivity index (χ0n) is 8.58. The molecule has 1 amide bonds. The summed E-state index contributed by atoms with van der Waals surface area (Å²) in [7, 11) is 0. The molecule has 0 aliphatic heterocycles. The van der Waals surface area contributed by atoms with Crippen molar-refractivity contribution in [2.75, 3.05) is 0 Å². The number of carbonyl (C=O) groups is 2. The number of ketones is 1. The molecular formula is C11H12ClNO2. The highest BCUT2D eigenvalue weighted by molar-refractivity contribution is 6.30. The van der Waals surface area contributed by atoms with E-state index >= 15 is 0 Å². The predicted octanol–water partition coefficient (Wildman–Crippen LogP) is 2.05. The Kier molecular flexibility index (Phi) is 3.86. The van der Waals surface area contributed by atoms with Gasteiger partial charge in [-0.15, -0.1) is 0 Å². The highest BCUT2D eigenvalue weighted by atomic mass is 35.5. The summed E-state index contributed by atoms with van der Waals surface area (Å²) >= 11 is 5.74. The highest BCUT2D eigenvalue weighted by Gasteiger charge is 2.12. The fraction of sp³-hybridized carbons (Fsp3) is 0.273. The average Bonchev–Trinajstić information content (AvgIpc) is 2.17. The Morgan fingerprint density at radius 2 is 2.07 bits per heavy atom. The number of hydrogen-bond acceptors (Lipinski definition) is 2. The van der Waals surface area contributed by atoms with Crippen LogP contribution in [-0.4, -0.2) is 17.7 Å². The number of amides is 1. The fourth-order valence-corrected chi connectivity index (χ4v) is 1.20. The summed E-state index contributed by atoms with van der Waals surface area (Å²) in [5.41, 5.74) is 0.454. The van der Waals surface area contributed by atoms with Crippen LogP contribution in [0, 0.1) is 0 Å². The van der Waals surface area contributed by atoms with Crippen LogP contribution in [0.25, 0.3) is 0 Å². The first-order valence-corrected chi connectivity index (χ1v) is 4.95. The van der Waals surface area contributed by atoms with E-state index in [-0.39, 0.29) is 11.7 Å². The fourth-order valence-electron chi connectivity index (χ4n) is 1.01. The van der Waals surface area contributed by atoms with Gasteiger partial charge in [0.1, 0.15) is 0 Å². The van der Waals surface area contributed by atoms with Gasteiger partial charge in [-0.05, 0) is 32.0 Å². The molecule has 0 heterocycles. The maximum Gasteiger partial charge on any atom is 0.251 e. The Hall–Kier alpha value is -1.35. The van der Waals surface area contributed by atoms with E-state index in [9.17, 15) is 9.59 Å². The number of Topliss-reactive ketones (excluding diaryl/α,β-unsaturated/α-hetero) is 1. The number of benzene rings is 1. The van der Waals surface area contributed by atoms with E-state index < -0.39 is 6.04 Å². The number of rotatable bonds is 3. The lowest BCUT2D eigenvalue weighted by molar-refractivity contribution is -0.118. The van der Waals surface area contributed by atoms with Crippen molar-refractivity contribution in [1.82, 2.24) is 5.32 Å². The maximum atomic E-state index is 11.6. The lowest BCUT2D eigenvalue weighted by Gasteiger charge is -2.10. The van der Waals surface area contributed by atoms with Gasteiger partial charge in [-0.1, -0.05) is 17.7 Å². The topological polar surface area (TPSA) is 46.2 Å². The van der Waals surface area contributed by atoms with Crippen LogP contribution in [0.3, 0.4) is 0 Å². The summed E-state index contributed by atoms with van der Waals surface area (Å²) in [6.07, 6.45) is 0. The molecule has 1 unspecified atom stereocenters. The first-order valence-electron chi connectivity index (χ1n) is 4.57. The molecule has 1 aromatic rings. The SMILES string of the molecule is CC(=O)C(C)NC(=O)c1cccc(Cl)c1. The molecule has 1 N–H and O–H groups in total. The van der Waals surface area contributed by atoms with Crippen molar-refractivity contribution in [3.63, 3.8) is 0 Å². The van der Waals surface area contributed by atoms with Crippen molar-refractivity contribution in [2.24, 2.45) is 0 Å². The van der Waals surface area contributed by atoms with Gasteiger partial charge in [-0.2, -0.15) is 0 Å². The van der Waals surface area contributed by atoms with E-state index in [4.69, 9.17) is 11.6 Å². The second kappa shape index (κ2) is 4.94. The number of nitrogens with one attached hydrogen (secondary N) is 1. The average molecular weight is 226 g/mol. The zero-order valence-corrected chi connectivity index (χ0v) is 9.34. The Balaban J connectivity index is 2.73. The molecule has 3 nitrogen and oxygen atoms in total. The predicted molar refractivity (Wildman–Crippen MR) is 59.1 cm³/mol. The van der Waals surface area contributed by atoms with E-state index in [0.29, 0.717) is 10.6 Å². The van der Waals surface area contributed by atoms with E-state index in [1.165, 1.54) is 6.92 Å². The molecule has 1 rings (SSSR count). The minimum Gasteiger partial charge on any atom is -0.343 e.